The molecule has 4 rings (SSSR count). The second kappa shape index (κ2) is 5.49. The Labute approximate surface area is 139 Å². The molecule has 24 heavy (non-hydrogen) atoms. The summed E-state index contributed by atoms with van der Waals surface area (Å²) in [6.07, 6.45) is 4.97. The summed E-state index contributed by atoms with van der Waals surface area (Å²) in [6, 6.07) is 9.25. The maximum Gasteiger partial charge on any atom is 0.261 e. The van der Waals surface area contributed by atoms with Crippen LogP contribution in [-0.4, -0.2) is 29.5 Å². The van der Waals surface area contributed by atoms with E-state index in [9.17, 15) is 4.79 Å². The van der Waals surface area contributed by atoms with Crippen molar-refractivity contribution in [2.24, 2.45) is 0 Å². The van der Waals surface area contributed by atoms with Gasteiger partial charge >= 0.3 is 0 Å². The summed E-state index contributed by atoms with van der Waals surface area (Å²) in [6.45, 7) is 2.67. The van der Waals surface area contributed by atoms with Crippen LogP contribution in [0.1, 0.15) is 17.3 Å². The Bertz CT molecular complexity index is 905. The van der Waals surface area contributed by atoms with Gasteiger partial charge in [-0.25, -0.2) is 9.97 Å². The molecule has 0 saturated heterocycles. The van der Waals surface area contributed by atoms with E-state index in [1.165, 1.54) is 0 Å². The number of hydrogen-bond acceptors (Lipinski definition) is 5. The first-order valence-corrected chi connectivity index (χ1v) is 7.75. The van der Waals surface area contributed by atoms with Gasteiger partial charge in [0.05, 0.1) is 29.5 Å². The third-order valence-electron chi connectivity index (χ3n) is 4.18. The maximum absolute atomic E-state index is 12.8. The minimum atomic E-state index is -0.0897. The van der Waals surface area contributed by atoms with Gasteiger partial charge in [-0.15, -0.1) is 0 Å². The van der Waals surface area contributed by atoms with Crippen LogP contribution in [0.3, 0.4) is 0 Å². The maximum atomic E-state index is 12.8. The molecule has 3 aromatic rings. The van der Waals surface area contributed by atoms with Crippen LogP contribution in [0.5, 0.6) is 0 Å². The number of furan rings is 1. The largest absolute Gasteiger partial charge is 0.472 e. The number of nitrogens with zero attached hydrogens (tertiary/aromatic N) is 4. The number of aromatic nitrogens is 2. The van der Waals surface area contributed by atoms with Crippen molar-refractivity contribution in [2.75, 3.05) is 23.4 Å². The summed E-state index contributed by atoms with van der Waals surface area (Å²) in [4.78, 5) is 25.6. The monoisotopic (exact) mass is 320 g/mol. The molecule has 1 aliphatic heterocycles. The van der Waals surface area contributed by atoms with Gasteiger partial charge in [-0.1, -0.05) is 0 Å². The molecule has 120 valence electrons. The van der Waals surface area contributed by atoms with E-state index >= 15 is 0 Å². The van der Waals surface area contributed by atoms with Crippen molar-refractivity contribution in [3.8, 4) is 11.3 Å². The molecule has 0 fully saturated rings. The summed E-state index contributed by atoms with van der Waals surface area (Å²) in [5.41, 5.74) is 3.02. The Morgan fingerprint density at radius 2 is 2.04 bits per heavy atom. The molecule has 0 unspecified atom stereocenters. The number of carbonyl (C=O) groups excluding carboxylic acids is 1. The second-order valence-corrected chi connectivity index (χ2v) is 5.53. The third-order valence-corrected chi connectivity index (χ3v) is 4.18. The highest BCUT2D eigenvalue weighted by molar-refractivity contribution is 6.12. The standard InChI is InChI=1S/C18H16N4O2/c1-3-22-16-13(5-4-9-19-16)18(23)21(2)15-7-6-14(20-17(15)22)12-8-10-24-11-12/h4-11H,3H2,1-2H3. The zero-order valence-electron chi connectivity index (χ0n) is 13.4. The zero-order valence-corrected chi connectivity index (χ0v) is 13.4. The Balaban J connectivity index is 1.96. The van der Waals surface area contributed by atoms with E-state index in [1.54, 1.807) is 42.8 Å². The molecule has 0 N–H and O–H groups in total. The number of fused-ring (bicyclic) bond motifs is 2. The topological polar surface area (TPSA) is 62.5 Å². The van der Waals surface area contributed by atoms with E-state index in [0.717, 1.165) is 16.9 Å². The van der Waals surface area contributed by atoms with Crippen LogP contribution in [-0.2, 0) is 0 Å². The minimum absolute atomic E-state index is 0.0897. The van der Waals surface area contributed by atoms with Crippen LogP contribution in [0.2, 0.25) is 0 Å². The second-order valence-electron chi connectivity index (χ2n) is 5.53. The van der Waals surface area contributed by atoms with E-state index in [-0.39, 0.29) is 5.91 Å². The van der Waals surface area contributed by atoms with E-state index in [1.807, 2.05) is 30.0 Å². The minimum Gasteiger partial charge on any atom is -0.472 e. The van der Waals surface area contributed by atoms with Crippen molar-refractivity contribution in [1.29, 1.82) is 0 Å². The highest BCUT2D eigenvalue weighted by Gasteiger charge is 2.30. The Morgan fingerprint density at radius 3 is 2.79 bits per heavy atom. The van der Waals surface area contributed by atoms with Gasteiger partial charge in [0.25, 0.3) is 5.91 Å². The van der Waals surface area contributed by atoms with Crippen LogP contribution in [0.4, 0.5) is 17.3 Å². The van der Waals surface area contributed by atoms with Crippen molar-refractivity contribution in [3.05, 3.63) is 54.6 Å². The Kier molecular flexibility index (Phi) is 3.30. The fraction of sp³-hybridized carbons (Fsp3) is 0.167. The summed E-state index contributed by atoms with van der Waals surface area (Å²) < 4.78 is 5.15. The van der Waals surface area contributed by atoms with Gasteiger partial charge in [0, 0.05) is 25.4 Å². The van der Waals surface area contributed by atoms with E-state index in [4.69, 9.17) is 9.40 Å². The number of amides is 1. The van der Waals surface area contributed by atoms with Crippen molar-refractivity contribution in [1.82, 2.24) is 9.97 Å². The van der Waals surface area contributed by atoms with Gasteiger partial charge < -0.3 is 14.2 Å². The summed E-state index contributed by atoms with van der Waals surface area (Å²) in [5, 5.41) is 0. The van der Waals surface area contributed by atoms with E-state index in [2.05, 4.69) is 4.98 Å². The molecular weight excluding hydrogens is 304 g/mol. The molecule has 1 aliphatic rings. The molecule has 0 aliphatic carbocycles. The number of carbonyl (C=O) groups is 1. The average molecular weight is 320 g/mol. The van der Waals surface area contributed by atoms with Crippen LogP contribution in [0, 0.1) is 0 Å². The predicted octanol–water partition coefficient (Wildman–Crippen LogP) is 3.48. The van der Waals surface area contributed by atoms with Crippen LogP contribution in [0.15, 0.2) is 53.5 Å². The van der Waals surface area contributed by atoms with Gasteiger partial charge in [-0.2, -0.15) is 0 Å². The zero-order chi connectivity index (χ0) is 16.7. The lowest BCUT2D eigenvalue weighted by atomic mass is 10.2. The Morgan fingerprint density at radius 1 is 1.17 bits per heavy atom. The average Bonchev–Trinajstić information content (AvgIpc) is 3.13. The molecule has 0 bridgehead atoms. The highest BCUT2D eigenvalue weighted by atomic mass is 16.3. The first kappa shape index (κ1) is 14.4. The van der Waals surface area contributed by atoms with E-state index < -0.39 is 0 Å². The van der Waals surface area contributed by atoms with Gasteiger partial charge in [0.15, 0.2) is 5.82 Å². The molecule has 0 aromatic carbocycles. The first-order valence-electron chi connectivity index (χ1n) is 7.75. The molecule has 3 aromatic heterocycles. The fourth-order valence-corrected chi connectivity index (χ4v) is 2.94. The molecular formula is C18H16N4O2. The van der Waals surface area contributed by atoms with Crippen molar-refractivity contribution in [2.45, 2.75) is 6.92 Å². The van der Waals surface area contributed by atoms with Crippen LogP contribution in [0.25, 0.3) is 11.3 Å². The normalized spacial score (nSPS) is 13.5. The van der Waals surface area contributed by atoms with Crippen molar-refractivity contribution < 1.29 is 9.21 Å². The number of pyridine rings is 2. The van der Waals surface area contributed by atoms with Crippen LogP contribution < -0.4 is 9.80 Å². The summed E-state index contributed by atoms with van der Waals surface area (Å²) in [5.74, 6) is 1.25. The molecule has 6 heteroatoms. The van der Waals surface area contributed by atoms with Gasteiger partial charge in [0.2, 0.25) is 0 Å². The molecule has 0 radical (unpaired) electrons. The lowest BCUT2D eigenvalue weighted by Crippen LogP contribution is -2.25. The van der Waals surface area contributed by atoms with E-state index in [0.29, 0.717) is 23.7 Å². The van der Waals surface area contributed by atoms with Crippen LogP contribution >= 0.6 is 0 Å². The molecule has 4 heterocycles. The molecule has 6 nitrogen and oxygen atoms in total. The fourth-order valence-electron chi connectivity index (χ4n) is 2.94. The predicted molar refractivity (Wildman–Crippen MR) is 91.6 cm³/mol. The Hall–Kier alpha value is -3.15. The lowest BCUT2D eigenvalue weighted by molar-refractivity contribution is 0.0994. The smallest absolute Gasteiger partial charge is 0.261 e. The molecule has 1 amide bonds. The first-order chi connectivity index (χ1) is 11.7. The SMILES string of the molecule is CCN1c2ncccc2C(=O)N(C)c2ccc(-c3ccoc3)nc21. The number of anilines is 3. The molecule has 0 saturated carbocycles. The highest BCUT2D eigenvalue weighted by Crippen LogP contribution is 2.38. The van der Waals surface area contributed by atoms with Gasteiger partial charge in [0.1, 0.15) is 5.82 Å². The summed E-state index contributed by atoms with van der Waals surface area (Å²) in [7, 11) is 1.76. The third kappa shape index (κ3) is 2.07. The lowest BCUT2D eigenvalue weighted by Gasteiger charge is -2.23. The molecule has 0 atom stereocenters. The van der Waals surface area contributed by atoms with Gasteiger partial charge in [-0.3, -0.25) is 4.79 Å². The van der Waals surface area contributed by atoms with Crippen molar-refractivity contribution in [3.63, 3.8) is 0 Å². The van der Waals surface area contributed by atoms with Crippen molar-refractivity contribution >= 4 is 23.2 Å². The van der Waals surface area contributed by atoms with Gasteiger partial charge in [-0.05, 0) is 37.3 Å². The quantitative estimate of drug-likeness (QED) is 0.723. The summed E-state index contributed by atoms with van der Waals surface area (Å²) >= 11 is 0. The number of rotatable bonds is 2. The molecule has 0 spiro atoms. The number of hydrogen-bond donors (Lipinski definition) is 0.